The molecule has 0 atom stereocenters. The van der Waals surface area contributed by atoms with E-state index < -0.39 is 0 Å². The van der Waals surface area contributed by atoms with Crippen LogP contribution in [0.15, 0.2) is 0 Å². The van der Waals surface area contributed by atoms with Crippen LogP contribution < -0.4 is 0 Å². The van der Waals surface area contributed by atoms with Crippen molar-refractivity contribution >= 4 is 35.0 Å². The van der Waals surface area contributed by atoms with Crippen molar-refractivity contribution in [3.8, 4) is 0 Å². The van der Waals surface area contributed by atoms with Crippen molar-refractivity contribution in [2.24, 2.45) is 0 Å². The van der Waals surface area contributed by atoms with Crippen molar-refractivity contribution in [1.29, 1.82) is 0 Å². The molecule has 0 saturated carbocycles. The first kappa shape index (κ1) is 34.1. The molecule has 0 heterocycles. The smallest absolute Gasteiger partial charge is 1.00 e. The molecule has 0 bridgehead atoms. The van der Waals surface area contributed by atoms with Gasteiger partial charge in [-0.25, -0.2) is 0 Å². The fraction of sp³-hybridized carbons (Fsp3) is 0.929. The van der Waals surface area contributed by atoms with Gasteiger partial charge in [-0.1, -0.05) is 142 Å². The summed E-state index contributed by atoms with van der Waals surface area (Å²) >= 11 is 0. The summed E-state index contributed by atoms with van der Waals surface area (Å²) in [4.78, 5) is 23.5. The minimum atomic E-state index is -0.334. The number of carbonyl (C=O) groups excluding carboxylic acids is 2. The number of hydrogen-bond donors (Lipinski definition) is 0. The van der Waals surface area contributed by atoms with Gasteiger partial charge in [0.25, 0.3) is 0 Å². The summed E-state index contributed by atoms with van der Waals surface area (Å²) < 4.78 is 4.94. The minimum absolute atomic E-state index is 0. The van der Waals surface area contributed by atoms with Crippen LogP contribution in [0.5, 0.6) is 0 Å². The van der Waals surface area contributed by atoms with E-state index >= 15 is 0 Å². The number of carbonyl (C=O) groups is 2. The van der Waals surface area contributed by atoms with Gasteiger partial charge in [-0.2, -0.15) is 0 Å². The fourth-order valence-corrected chi connectivity index (χ4v) is 4.10. The van der Waals surface area contributed by atoms with Crippen LogP contribution in [0.1, 0.15) is 171 Å². The molecule has 0 aliphatic heterocycles. The van der Waals surface area contributed by atoms with Crippen LogP contribution in [-0.4, -0.2) is 35.0 Å². The zero-order chi connectivity index (χ0) is 22.8. The molecule has 0 amide bonds. The maximum absolute atomic E-state index is 11.8. The van der Waals surface area contributed by atoms with Crippen molar-refractivity contribution in [2.45, 2.75) is 168 Å². The Morgan fingerprint density at radius 1 is 0.438 bits per heavy atom. The average molecular weight is 465 g/mol. The standard InChI is InChI=1S/C28H54O3.Mg.2H/c1-3-5-7-9-11-12-13-14-15-16-17-18-20-22-24-26-28(30)31-27(29)25-23-21-19-10-8-6-4-2;;;/h3-26H2,1-2H3;;;/q;+2;2*-1. The predicted octanol–water partition coefficient (Wildman–Crippen LogP) is 9.30. The first-order chi connectivity index (χ1) is 15.2. The molecule has 4 heteroatoms. The first-order valence-corrected chi connectivity index (χ1v) is 13.9. The Hall–Kier alpha value is -0.0938. The minimum Gasteiger partial charge on any atom is -1.00 e. The summed E-state index contributed by atoms with van der Waals surface area (Å²) in [5.74, 6) is -0.665. The first-order valence-electron chi connectivity index (χ1n) is 13.9. The van der Waals surface area contributed by atoms with Crippen molar-refractivity contribution in [1.82, 2.24) is 0 Å². The maximum atomic E-state index is 11.8. The molecule has 188 valence electrons. The molecule has 3 nitrogen and oxygen atoms in total. The molecule has 0 N–H and O–H groups in total. The van der Waals surface area contributed by atoms with Gasteiger partial charge in [-0.3, -0.25) is 9.59 Å². The maximum Gasteiger partial charge on any atom is 2.00 e. The summed E-state index contributed by atoms with van der Waals surface area (Å²) in [5, 5.41) is 0. The summed E-state index contributed by atoms with van der Waals surface area (Å²) in [5.41, 5.74) is 0. The molecular formula is C28H56MgO3. The van der Waals surface area contributed by atoms with Gasteiger partial charge in [0.1, 0.15) is 0 Å². The second-order valence-electron chi connectivity index (χ2n) is 9.42. The Kier molecular flexibility index (Phi) is 30.8. The Balaban J connectivity index is -0.00000150. The number of ether oxygens (including phenoxy) is 1. The van der Waals surface area contributed by atoms with Crippen LogP contribution in [0.4, 0.5) is 0 Å². The third kappa shape index (κ3) is 27.9. The predicted molar refractivity (Wildman–Crippen MR) is 141 cm³/mol. The van der Waals surface area contributed by atoms with E-state index in [1.807, 2.05) is 0 Å². The number of rotatable bonds is 24. The third-order valence-electron chi connectivity index (χ3n) is 6.20. The van der Waals surface area contributed by atoms with E-state index in [1.54, 1.807) is 0 Å². The van der Waals surface area contributed by atoms with Gasteiger partial charge >= 0.3 is 35.0 Å². The second-order valence-corrected chi connectivity index (χ2v) is 9.42. The van der Waals surface area contributed by atoms with Crippen molar-refractivity contribution in [3.05, 3.63) is 0 Å². The van der Waals surface area contributed by atoms with Crippen LogP contribution in [0.3, 0.4) is 0 Å². The quantitative estimate of drug-likeness (QED) is 0.0618. The molecule has 0 unspecified atom stereocenters. The van der Waals surface area contributed by atoms with Gasteiger partial charge in [0, 0.05) is 12.8 Å². The Bertz CT molecular complexity index is 409. The number of unbranched alkanes of at least 4 members (excludes halogenated alkanes) is 20. The zero-order valence-corrected chi connectivity index (χ0v) is 23.3. The Labute approximate surface area is 219 Å². The van der Waals surface area contributed by atoms with Gasteiger partial charge in [0.05, 0.1) is 0 Å². The monoisotopic (exact) mass is 464 g/mol. The molecule has 0 spiro atoms. The van der Waals surface area contributed by atoms with E-state index in [0.29, 0.717) is 12.8 Å². The van der Waals surface area contributed by atoms with E-state index in [1.165, 1.54) is 116 Å². The van der Waals surface area contributed by atoms with E-state index in [0.717, 1.165) is 25.7 Å². The van der Waals surface area contributed by atoms with Crippen LogP contribution in [0.2, 0.25) is 0 Å². The van der Waals surface area contributed by atoms with Crippen LogP contribution in [0.25, 0.3) is 0 Å². The van der Waals surface area contributed by atoms with Crippen molar-refractivity contribution in [2.75, 3.05) is 0 Å². The van der Waals surface area contributed by atoms with Crippen molar-refractivity contribution in [3.63, 3.8) is 0 Å². The number of esters is 2. The average Bonchev–Trinajstić information content (AvgIpc) is 2.75. The normalized spacial score (nSPS) is 10.7. The van der Waals surface area contributed by atoms with E-state index in [2.05, 4.69) is 13.8 Å². The molecule has 32 heavy (non-hydrogen) atoms. The van der Waals surface area contributed by atoms with Gasteiger partial charge in [0.15, 0.2) is 0 Å². The van der Waals surface area contributed by atoms with Crippen molar-refractivity contribution < 1.29 is 17.2 Å². The van der Waals surface area contributed by atoms with Gasteiger partial charge in [-0.05, 0) is 12.8 Å². The van der Waals surface area contributed by atoms with E-state index in [-0.39, 0.29) is 37.8 Å². The molecular weight excluding hydrogens is 409 g/mol. The summed E-state index contributed by atoms with van der Waals surface area (Å²) in [7, 11) is 0. The van der Waals surface area contributed by atoms with Gasteiger partial charge in [-0.15, -0.1) is 0 Å². The Morgan fingerprint density at radius 2 is 0.656 bits per heavy atom. The van der Waals surface area contributed by atoms with Crippen LogP contribution in [-0.2, 0) is 14.3 Å². The van der Waals surface area contributed by atoms with Gasteiger partial charge in [0.2, 0.25) is 0 Å². The third-order valence-corrected chi connectivity index (χ3v) is 6.20. The molecule has 0 aliphatic carbocycles. The topological polar surface area (TPSA) is 43.4 Å². The molecule has 0 rings (SSSR count). The second kappa shape index (κ2) is 28.9. The molecule has 0 fully saturated rings. The SMILES string of the molecule is CCCCCCCCCCCCCCCCCC(=O)OC(=O)CCCCCCCCC.[H-].[H-].[Mg+2]. The molecule has 0 radical (unpaired) electrons. The molecule has 0 aromatic heterocycles. The largest absolute Gasteiger partial charge is 2.00 e. The molecule has 0 aromatic rings. The summed E-state index contributed by atoms with van der Waals surface area (Å²) in [6, 6.07) is 0. The van der Waals surface area contributed by atoms with Gasteiger partial charge < -0.3 is 7.59 Å². The van der Waals surface area contributed by atoms with E-state index in [9.17, 15) is 9.59 Å². The molecule has 0 aromatic carbocycles. The zero-order valence-electron chi connectivity index (χ0n) is 23.9. The molecule has 0 saturated heterocycles. The van der Waals surface area contributed by atoms with Crippen LogP contribution >= 0.6 is 0 Å². The number of hydrogen-bond acceptors (Lipinski definition) is 3. The molecule has 0 aliphatic rings. The Morgan fingerprint density at radius 3 is 0.906 bits per heavy atom. The summed E-state index contributed by atoms with van der Waals surface area (Å²) in [6.45, 7) is 4.49. The van der Waals surface area contributed by atoms with Crippen LogP contribution in [0, 0.1) is 0 Å². The van der Waals surface area contributed by atoms with E-state index in [4.69, 9.17) is 4.74 Å². The summed E-state index contributed by atoms with van der Waals surface area (Å²) in [6.07, 6.45) is 28.6. The fourth-order valence-electron chi connectivity index (χ4n) is 4.10.